The van der Waals surface area contributed by atoms with E-state index in [9.17, 15) is 4.79 Å². The number of carbonyl (C=O) groups excluding carboxylic acids is 1. The third-order valence-corrected chi connectivity index (χ3v) is 3.16. The van der Waals surface area contributed by atoms with Gasteiger partial charge in [-0.2, -0.15) is 0 Å². The van der Waals surface area contributed by atoms with Crippen LogP contribution >= 0.6 is 11.8 Å². The van der Waals surface area contributed by atoms with Gasteiger partial charge in [0.1, 0.15) is 0 Å². The Kier molecular flexibility index (Phi) is 6.30. The molecule has 5 heteroatoms. The standard InChI is InChI=1S/C12H23NO3S/c1-9(2)16-12-5-11(7-15-8-17-4)13(6-12)10(3)14/h9,11-12H,5-8H2,1-4H3/t11-,12+/m0/s1. The second kappa shape index (κ2) is 7.24. The molecule has 0 radical (unpaired) electrons. The van der Waals surface area contributed by atoms with Crippen LogP contribution in [-0.2, 0) is 14.3 Å². The van der Waals surface area contributed by atoms with Gasteiger partial charge in [0.05, 0.1) is 30.8 Å². The van der Waals surface area contributed by atoms with Crippen molar-refractivity contribution in [3.05, 3.63) is 0 Å². The summed E-state index contributed by atoms with van der Waals surface area (Å²) in [6, 6.07) is 0.170. The first-order valence-corrected chi connectivity index (χ1v) is 7.43. The van der Waals surface area contributed by atoms with Crippen molar-refractivity contribution in [2.75, 3.05) is 25.3 Å². The number of hydrogen-bond donors (Lipinski definition) is 0. The molecule has 0 aromatic heterocycles. The molecule has 1 amide bonds. The molecular formula is C12H23NO3S. The first-order chi connectivity index (χ1) is 8.04. The first kappa shape index (κ1) is 14.8. The summed E-state index contributed by atoms with van der Waals surface area (Å²) < 4.78 is 11.3. The number of nitrogens with zero attached hydrogens (tertiary/aromatic N) is 1. The largest absolute Gasteiger partial charge is 0.374 e. The molecular weight excluding hydrogens is 238 g/mol. The average molecular weight is 261 g/mol. The van der Waals surface area contributed by atoms with Crippen molar-refractivity contribution >= 4 is 17.7 Å². The molecule has 0 aromatic carbocycles. The lowest BCUT2D eigenvalue weighted by Gasteiger charge is -2.22. The van der Waals surface area contributed by atoms with Crippen molar-refractivity contribution in [1.29, 1.82) is 0 Å². The molecule has 1 rings (SSSR count). The minimum Gasteiger partial charge on any atom is -0.374 e. The van der Waals surface area contributed by atoms with Crippen LogP contribution in [0.1, 0.15) is 27.2 Å². The maximum atomic E-state index is 11.5. The van der Waals surface area contributed by atoms with Crippen molar-refractivity contribution in [1.82, 2.24) is 4.90 Å². The molecule has 1 fully saturated rings. The van der Waals surface area contributed by atoms with Crippen molar-refractivity contribution < 1.29 is 14.3 Å². The fraction of sp³-hybridized carbons (Fsp3) is 0.917. The Morgan fingerprint density at radius 3 is 2.76 bits per heavy atom. The Balaban J connectivity index is 2.45. The summed E-state index contributed by atoms with van der Waals surface area (Å²) in [5.41, 5.74) is 0. The van der Waals surface area contributed by atoms with Crippen LogP contribution in [0, 0.1) is 0 Å². The Labute approximate surface area is 108 Å². The highest BCUT2D eigenvalue weighted by atomic mass is 32.2. The van der Waals surface area contributed by atoms with Crippen LogP contribution in [0.2, 0.25) is 0 Å². The highest BCUT2D eigenvalue weighted by molar-refractivity contribution is 7.98. The minimum atomic E-state index is 0.109. The van der Waals surface area contributed by atoms with Gasteiger partial charge in [-0.3, -0.25) is 4.79 Å². The van der Waals surface area contributed by atoms with Crippen LogP contribution < -0.4 is 0 Å². The smallest absolute Gasteiger partial charge is 0.219 e. The summed E-state index contributed by atoms with van der Waals surface area (Å²) in [7, 11) is 0. The third kappa shape index (κ3) is 4.85. The summed E-state index contributed by atoms with van der Waals surface area (Å²) in [6.45, 7) is 6.96. The lowest BCUT2D eigenvalue weighted by atomic mass is 10.2. The summed E-state index contributed by atoms with van der Waals surface area (Å²) in [5.74, 6) is 0.787. The Morgan fingerprint density at radius 1 is 1.53 bits per heavy atom. The van der Waals surface area contributed by atoms with E-state index in [0.717, 1.165) is 6.42 Å². The molecule has 1 aliphatic rings. The SMILES string of the molecule is CSCOC[C@@H]1C[C@@H](OC(C)C)CN1C(C)=O. The molecule has 100 valence electrons. The second-order valence-corrected chi connectivity index (χ2v) is 5.46. The van der Waals surface area contributed by atoms with E-state index in [4.69, 9.17) is 9.47 Å². The monoisotopic (exact) mass is 261 g/mol. The maximum absolute atomic E-state index is 11.5. The van der Waals surface area contributed by atoms with Crippen molar-refractivity contribution in [2.45, 2.75) is 45.4 Å². The van der Waals surface area contributed by atoms with Crippen LogP contribution in [0.3, 0.4) is 0 Å². The van der Waals surface area contributed by atoms with Crippen molar-refractivity contribution in [3.8, 4) is 0 Å². The molecule has 0 aliphatic carbocycles. The van der Waals surface area contributed by atoms with Gasteiger partial charge in [0.25, 0.3) is 0 Å². The van der Waals surface area contributed by atoms with E-state index in [-0.39, 0.29) is 24.2 Å². The Hall–Kier alpha value is -0.260. The maximum Gasteiger partial charge on any atom is 0.219 e. The number of ether oxygens (including phenoxy) is 2. The van der Waals surface area contributed by atoms with Crippen molar-refractivity contribution in [3.63, 3.8) is 0 Å². The molecule has 1 saturated heterocycles. The second-order valence-electron chi connectivity index (χ2n) is 4.65. The average Bonchev–Trinajstić information content (AvgIpc) is 2.60. The molecule has 0 unspecified atom stereocenters. The van der Waals surface area contributed by atoms with Gasteiger partial charge in [0, 0.05) is 13.5 Å². The van der Waals surface area contributed by atoms with Gasteiger partial charge < -0.3 is 14.4 Å². The summed E-state index contributed by atoms with van der Waals surface area (Å²) >= 11 is 1.65. The van der Waals surface area contributed by atoms with Crippen LogP contribution in [0.4, 0.5) is 0 Å². The molecule has 1 aliphatic heterocycles. The number of rotatable bonds is 6. The predicted octanol–water partition coefficient (Wildman–Crippen LogP) is 1.74. The summed E-state index contributed by atoms with van der Waals surface area (Å²) in [4.78, 5) is 13.4. The Morgan fingerprint density at radius 2 is 2.24 bits per heavy atom. The zero-order valence-corrected chi connectivity index (χ0v) is 12.0. The van der Waals surface area contributed by atoms with E-state index in [2.05, 4.69) is 0 Å². The van der Waals surface area contributed by atoms with E-state index in [1.165, 1.54) is 0 Å². The zero-order valence-electron chi connectivity index (χ0n) is 11.1. The van der Waals surface area contributed by atoms with Gasteiger partial charge in [0.2, 0.25) is 5.91 Å². The summed E-state index contributed by atoms with van der Waals surface area (Å²) in [5, 5.41) is 0. The zero-order chi connectivity index (χ0) is 12.8. The molecule has 0 N–H and O–H groups in total. The topological polar surface area (TPSA) is 38.8 Å². The quantitative estimate of drug-likeness (QED) is 0.539. The van der Waals surface area contributed by atoms with Crippen molar-refractivity contribution in [2.24, 2.45) is 0 Å². The van der Waals surface area contributed by atoms with E-state index in [0.29, 0.717) is 19.1 Å². The van der Waals surface area contributed by atoms with Crippen LogP contribution in [0.25, 0.3) is 0 Å². The van der Waals surface area contributed by atoms with E-state index in [1.807, 2.05) is 25.0 Å². The first-order valence-electron chi connectivity index (χ1n) is 6.04. The third-order valence-electron chi connectivity index (χ3n) is 2.76. The molecule has 2 atom stereocenters. The molecule has 0 aromatic rings. The van der Waals surface area contributed by atoms with Crippen LogP contribution in [0.15, 0.2) is 0 Å². The van der Waals surface area contributed by atoms with E-state index >= 15 is 0 Å². The van der Waals surface area contributed by atoms with Gasteiger partial charge in [-0.1, -0.05) is 0 Å². The van der Waals surface area contributed by atoms with Gasteiger partial charge >= 0.3 is 0 Å². The minimum absolute atomic E-state index is 0.109. The van der Waals surface area contributed by atoms with Gasteiger partial charge in [0.15, 0.2) is 0 Å². The van der Waals surface area contributed by atoms with Gasteiger partial charge in [-0.15, -0.1) is 11.8 Å². The lowest BCUT2D eigenvalue weighted by molar-refractivity contribution is -0.131. The number of hydrogen-bond acceptors (Lipinski definition) is 4. The van der Waals surface area contributed by atoms with Gasteiger partial charge in [-0.05, 0) is 26.5 Å². The Bertz CT molecular complexity index is 248. The molecule has 17 heavy (non-hydrogen) atoms. The highest BCUT2D eigenvalue weighted by Crippen LogP contribution is 2.22. The van der Waals surface area contributed by atoms with Crippen LogP contribution in [-0.4, -0.2) is 54.4 Å². The van der Waals surface area contributed by atoms with Gasteiger partial charge in [-0.25, -0.2) is 0 Å². The lowest BCUT2D eigenvalue weighted by Crippen LogP contribution is -2.37. The molecule has 0 bridgehead atoms. The number of likely N-dealkylation sites (tertiary alicyclic amines) is 1. The van der Waals surface area contributed by atoms with Crippen LogP contribution in [0.5, 0.6) is 0 Å². The van der Waals surface area contributed by atoms with E-state index in [1.54, 1.807) is 18.7 Å². The fourth-order valence-corrected chi connectivity index (χ4v) is 2.43. The molecule has 1 heterocycles. The number of thioether (sulfide) groups is 1. The normalized spacial score (nSPS) is 24.6. The van der Waals surface area contributed by atoms with E-state index < -0.39 is 0 Å². The number of carbonyl (C=O) groups is 1. The summed E-state index contributed by atoms with van der Waals surface area (Å²) in [6.07, 6.45) is 3.25. The molecule has 4 nitrogen and oxygen atoms in total. The fourth-order valence-electron chi connectivity index (χ4n) is 2.17. The highest BCUT2D eigenvalue weighted by Gasteiger charge is 2.34. The number of amides is 1. The molecule has 0 saturated carbocycles. The molecule has 0 spiro atoms. The predicted molar refractivity (Wildman–Crippen MR) is 70.1 cm³/mol.